The number of nitrogens with two attached hydrogens (primary N) is 1. The smallest absolute Gasteiger partial charge is 0.328 e. The van der Waals surface area contributed by atoms with Crippen molar-refractivity contribution in [1.29, 1.82) is 0 Å². The van der Waals surface area contributed by atoms with Gasteiger partial charge in [0.05, 0.1) is 12.6 Å². The number of rotatable bonds is 17. The van der Waals surface area contributed by atoms with Gasteiger partial charge in [-0.05, 0) is 44.6 Å². The molecule has 208 valence electrons. The van der Waals surface area contributed by atoms with Gasteiger partial charge >= 0.3 is 5.97 Å². The van der Waals surface area contributed by atoms with E-state index in [4.69, 9.17) is 5.73 Å². The topological polar surface area (TPSA) is 200 Å². The molecule has 0 unspecified atom stereocenters. The van der Waals surface area contributed by atoms with Gasteiger partial charge in [0.15, 0.2) is 6.04 Å². The Labute approximate surface area is 213 Å². The minimum atomic E-state index is -1.54. The number of hydrogen-bond donors (Lipinski definition) is 7. The lowest BCUT2D eigenvalue weighted by Crippen LogP contribution is -2.56. The number of carboxylic acids is 1. The molecule has 0 radical (unpaired) electrons. The van der Waals surface area contributed by atoms with E-state index in [1.54, 1.807) is 6.92 Å². The van der Waals surface area contributed by atoms with Gasteiger partial charge in [-0.1, -0.05) is 41.0 Å². The standard InChI is InChI=1S/C24H45N5O7/c1-7-14(4)19(28-21(32)15(5)13(2)3)23(34)26-12-18(31)27-17(10-8-9-11-25)22(33)29-20(16(6)30)24(35)36/h13-17,19-20,30H,7-12,25H2,1-6H3,(H,26,34)(H,27,31)(H,28,32)(H,29,33)(H,35,36)/t14-,15-,16+,17-,19-,20-/m0/s1. The van der Waals surface area contributed by atoms with Crippen LogP contribution in [0.3, 0.4) is 0 Å². The summed E-state index contributed by atoms with van der Waals surface area (Å²) in [5.41, 5.74) is 5.49. The molecule has 0 fully saturated rings. The number of aliphatic hydroxyl groups excluding tert-OH is 1. The Morgan fingerprint density at radius 1 is 0.833 bits per heavy atom. The van der Waals surface area contributed by atoms with Gasteiger partial charge in [-0.25, -0.2) is 4.79 Å². The third kappa shape index (κ3) is 11.8. The molecule has 0 saturated carbocycles. The van der Waals surface area contributed by atoms with Crippen LogP contribution >= 0.6 is 0 Å². The summed E-state index contributed by atoms with van der Waals surface area (Å²) >= 11 is 0. The fraction of sp³-hybridized carbons (Fsp3) is 0.792. The molecule has 0 aromatic rings. The summed E-state index contributed by atoms with van der Waals surface area (Å²) in [4.78, 5) is 61.8. The van der Waals surface area contributed by atoms with E-state index in [1.807, 2.05) is 27.7 Å². The molecule has 0 aliphatic carbocycles. The van der Waals surface area contributed by atoms with Crippen LogP contribution < -0.4 is 27.0 Å². The number of aliphatic carboxylic acids is 1. The summed E-state index contributed by atoms with van der Waals surface area (Å²) in [6.45, 7) is 10.5. The van der Waals surface area contributed by atoms with E-state index in [9.17, 15) is 34.2 Å². The Balaban J connectivity index is 5.25. The van der Waals surface area contributed by atoms with Gasteiger partial charge < -0.3 is 37.2 Å². The van der Waals surface area contributed by atoms with Gasteiger partial charge in [-0.3, -0.25) is 19.2 Å². The van der Waals surface area contributed by atoms with Crippen molar-refractivity contribution in [2.24, 2.45) is 23.5 Å². The van der Waals surface area contributed by atoms with E-state index in [1.165, 1.54) is 6.92 Å². The Morgan fingerprint density at radius 2 is 1.42 bits per heavy atom. The monoisotopic (exact) mass is 515 g/mol. The maximum absolute atomic E-state index is 12.8. The van der Waals surface area contributed by atoms with Crippen LogP contribution in [0.25, 0.3) is 0 Å². The normalized spacial score (nSPS) is 16.1. The number of carboxylic acid groups (broad SMARTS) is 1. The second-order valence-electron chi connectivity index (χ2n) is 9.59. The molecule has 12 heteroatoms. The molecule has 8 N–H and O–H groups in total. The largest absolute Gasteiger partial charge is 0.480 e. The molecule has 0 bridgehead atoms. The van der Waals surface area contributed by atoms with E-state index in [0.717, 1.165) is 0 Å². The number of nitrogens with one attached hydrogen (secondary N) is 4. The molecule has 36 heavy (non-hydrogen) atoms. The van der Waals surface area contributed by atoms with Crippen molar-refractivity contribution in [2.75, 3.05) is 13.1 Å². The Morgan fingerprint density at radius 3 is 1.89 bits per heavy atom. The first kappa shape index (κ1) is 33.3. The molecule has 0 rings (SSSR count). The number of unbranched alkanes of at least 4 members (excludes halogenated alkanes) is 1. The molecular weight excluding hydrogens is 470 g/mol. The lowest BCUT2D eigenvalue weighted by molar-refractivity contribution is -0.145. The fourth-order valence-corrected chi connectivity index (χ4v) is 3.22. The van der Waals surface area contributed by atoms with Crippen LogP contribution in [0.4, 0.5) is 0 Å². The third-order valence-electron chi connectivity index (χ3n) is 6.27. The first-order valence-electron chi connectivity index (χ1n) is 12.5. The first-order chi connectivity index (χ1) is 16.8. The number of carbonyl (C=O) groups excluding carboxylic acids is 4. The Hall–Kier alpha value is -2.73. The van der Waals surface area contributed by atoms with Gasteiger partial charge in [-0.2, -0.15) is 0 Å². The zero-order valence-electron chi connectivity index (χ0n) is 22.3. The molecule has 0 spiro atoms. The Bertz CT molecular complexity index is 744. The Kier molecular flexibility index (Phi) is 15.6. The molecule has 0 aliphatic heterocycles. The van der Waals surface area contributed by atoms with Crippen LogP contribution in [-0.2, 0) is 24.0 Å². The van der Waals surface area contributed by atoms with Crippen molar-refractivity contribution >= 4 is 29.6 Å². The summed E-state index contributed by atoms with van der Waals surface area (Å²) in [6, 6.07) is -3.46. The second kappa shape index (κ2) is 16.9. The van der Waals surface area contributed by atoms with E-state index in [-0.39, 0.29) is 30.1 Å². The van der Waals surface area contributed by atoms with Gasteiger partial charge in [0.1, 0.15) is 12.1 Å². The summed E-state index contributed by atoms with van der Waals surface area (Å²) in [7, 11) is 0. The SMILES string of the molecule is CC[C@H](C)[C@H](NC(=O)[C@@H](C)C(C)C)C(=O)NCC(=O)N[C@@H](CCCCN)C(=O)N[C@H](C(=O)O)[C@@H](C)O. The molecule has 0 aliphatic rings. The summed E-state index contributed by atoms with van der Waals surface area (Å²) in [5.74, 6) is -4.00. The highest BCUT2D eigenvalue weighted by Crippen LogP contribution is 2.13. The fourth-order valence-electron chi connectivity index (χ4n) is 3.22. The molecule has 6 atom stereocenters. The number of hydrogen-bond acceptors (Lipinski definition) is 7. The van der Waals surface area contributed by atoms with Gasteiger partial charge in [0, 0.05) is 5.92 Å². The molecule has 0 saturated heterocycles. The van der Waals surface area contributed by atoms with Crippen LogP contribution in [0, 0.1) is 17.8 Å². The average molecular weight is 516 g/mol. The van der Waals surface area contributed by atoms with Gasteiger partial charge in [-0.15, -0.1) is 0 Å². The minimum absolute atomic E-state index is 0.0910. The predicted octanol–water partition coefficient (Wildman–Crippen LogP) is -0.510. The molecule has 4 amide bonds. The highest BCUT2D eigenvalue weighted by molar-refractivity contribution is 5.93. The minimum Gasteiger partial charge on any atom is -0.480 e. The number of carbonyl (C=O) groups is 5. The van der Waals surface area contributed by atoms with Crippen LogP contribution in [0.5, 0.6) is 0 Å². The van der Waals surface area contributed by atoms with Crippen molar-refractivity contribution in [3.8, 4) is 0 Å². The highest BCUT2D eigenvalue weighted by atomic mass is 16.4. The highest BCUT2D eigenvalue weighted by Gasteiger charge is 2.31. The molecule has 12 nitrogen and oxygen atoms in total. The number of amides is 4. The first-order valence-corrected chi connectivity index (χ1v) is 12.5. The van der Waals surface area contributed by atoms with Crippen molar-refractivity contribution < 1.29 is 34.2 Å². The van der Waals surface area contributed by atoms with E-state index < -0.39 is 54.5 Å². The van der Waals surface area contributed by atoms with Crippen LogP contribution in [0.2, 0.25) is 0 Å². The molecule has 0 heterocycles. The predicted molar refractivity (Wildman–Crippen MR) is 134 cm³/mol. The van der Waals surface area contributed by atoms with Crippen molar-refractivity contribution in [2.45, 2.75) is 91.5 Å². The van der Waals surface area contributed by atoms with E-state index in [2.05, 4.69) is 21.3 Å². The molecule has 0 aromatic carbocycles. The number of aliphatic hydroxyl groups is 1. The summed E-state index contributed by atoms with van der Waals surface area (Å²) < 4.78 is 0. The molecule has 0 aromatic heterocycles. The average Bonchev–Trinajstić information content (AvgIpc) is 2.81. The summed E-state index contributed by atoms with van der Waals surface area (Å²) in [5, 5.41) is 28.8. The van der Waals surface area contributed by atoms with Gasteiger partial charge in [0.25, 0.3) is 0 Å². The summed E-state index contributed by atoms with van der Waals surface area (Å²) in [6.07, 6.45) is 0.535. The van der Waals surface area contributed by atoms with Crippen molar-refractivity contribution in [1.82, 2.24) is 21.3 Å². The van der Waals surface area contributed by atoms with E-state index >= 15 is 0 Å². The van der Waals surface area contributed by atoms with Crippen LogP contribution in [0.15, 0.2) is 0 Å². The maximum atomic E-state index is 12.8. The van der Waals surface area contributed by atoms with Crippen molar-refractivity contribution in [3.05, 3.63) is 0 Å². The quantitative estimate of drug-likeness (QED) is 0.126. The maximum Gasteiger partial charge on any atom is 0.328 e. The zero-order valence-corrected chi connectivity index (χ0v) is 22.3. The lowest BCUT2D eigenvalue weighted by Gasteiger charge is -2.26. The zero-order chi connectivity index (χ0) is 28.0. The van der Waals surface area contributed by atoms with Crippen LogP contribution in [0.1, 0.15) is 67.2 Å². The van der Waals surface area contributed by atoms with Gasteiger partial charge in [0.2, 0.25) is 23.6 Å². The van der Waals surface area contributed by atoms with Crippen molar-refractivity contribution in [3.63, 3.8) is 0 Å². The van der Waals surface area contributed by atoms with E-state index in [0.29, 0.717) is 25.8 Å². The lowest BCUT2D eigenvalue weighted by atomic mass is 9.94. The molecular formula is C24H45N5O7. The second-order valence-corrected chi connectivity index (χ2v) is 9.59. The van der Waals surface area contributed by atoms with Crippen LogP contribution in [-0.4, -0.2) is 77.1 Å². The third-order valence-corrected chi connectivity index (χ3v) is 6.27.